The number of halogens is 1. The van der Waals surface area contributed by atoms with Crippen molar-refractivity contribution in [3.63, 3.8) is 0 Å². The fourth-order valence-corrected chi connectivity index (χ4v) is 2.35. The van der Waals surface area contributed by atoms with Gasteiger partial charge in [-0.3, -0.25) is 4.79 Å². The van der Waals surface area contributed by atoms with Gasteiger partial charge in [-0.1, -0.05) is 36.4 Å². The summed E-state index contributed by atoms with van der Waals surface area (Å²) in [6.45, 7) is 0.241. The van der Waals surface area contributed by atoms with E-state index in [0.717, 1.165) is 16.7 Å². The zero-order valence-corrected chi connectivity index (χ0v) is 13.1. The highest BCUT2D eigenvalue weighted by atomic mass is 35.5. The first-order chi connectivity index (χ1) is 10.5. The van der Waals surface area contributed by atoms with Gasteiger partial charge in [-0.15, -0.1) is 12.4 Å². The highest BCUT2D eigenvalue weighted by Gasteiger charge is 2.14. The molecule has 0 spiro atoms. The van der Waals surface area contributed by atoms with Gasteiger partial charge in [0.25, 0.3) is 0 Å². The fourth-order valence-electron chi connectivity index (χ4n) is 2.35. The minimum atomic E-state index is -0.983. The van der Waals surface area contributed by atoms with Crippen molar-refractivity contribution in [1.29, 1.82) is 0 Å². The van der Waals surface area contributed by atoms with Crippen molar-refractivity contribution >= 4 is 24.3 Å². The maximum absolute atomic E-state index is 11.0. The van der Waals surface area contributed by atoms with Crippen LogP contribution in [0.15, 0.2) is 48.5 Å². The molecule has 0 aromatic heterocycles. The van der Waals surface area contributed by atoms with Gasteiger partial charge in [0.2, 0.25) is 0 Å². The Morgan fingerprint density at radius 3 is 2.17 bits per heavy atom. The summed E-state index contributed by atoms with van der Waals surface area (Å²) in [6, 6.07) is 14.0. The van der Waals surface area contributed by atoms with Crippen molar-refractivity contribution in [1.82, 2.24) is 0 Å². The van der Waals surface area contributed by atoms with Crippen LogP contribution in [0.2, 0.25) is 0 Å². The third-order valence-electron chi connectivity index (χ3n) is 3.51. The number of hydrogen-bond acceptors (Lipinski definition) is 3. The Morgan fingerprint density at radius 2 is 1.61 bits per heavy atom. The van der Waals surface area contributed by atoms with E-state index in [9.17, 15) is 9.59 Å². The van der Waals surface area contributed by atoms with Gasteiger partial charge in [-0.2, -0.15) is 0 Å². The van der Waals surface area contributed by atoms with Crippen LogP contribution in [0.25, 0.3) is 11.1 Å². The molecule has 0 saturated heterocycles. The number of benzene rings is 2. The van der Waals surface area contributed by atoms with Crippen LogP contribution in [0.1, 0.15) is 28.3 Å². The van der Waals surface area contributed by atoms with Crippen LogP contribution in [0.5, 0.6) is 0 Å². The van der Waals surface area contributed by atoms with Gasteiger partial charge in [-0.05, 0) is 35.4 Å². The lowest BCUT2D eigenvalue weighted by atomic mass is 9.92. The van der Waals surface area contributed by atoms with Crippen LogP contribution in [0.4, 0.5) is 0 Å². The lowest BCUT2D eigenvalue weighted by Gasteiger charge is -2.14. The van der Waals surface area contributed by atoms with E-state index in [1.54, 1.807) is 12.1 Å². The number of carbonyl (C=O) groups is 2. The molecule has 1 atom stereocenters. The Hall–Kier alpha value is -2.37. The molecule has 2 aromatic carbocycles. The lowest BCUT2D eigenvalue weighted by Crippen LogP contribution is -2.16. The Balaban J connectivity index is 0.00000264. The van der Waals surface area contributed by atoms with Crippen LogP contribution >= 0.6 is 12.4 Å². The molecule has 0 aliphatic heterocycles. The van der Waals surface area contributed by atoms with E-state index < -0.39 is 11.9 Å². The molecular weight excluding hydrogens is 318 g/mol. The van der Waals surface area contributed by atoms with Crippen LogP contribution < -0.4 is 5.73 Å². The fraction of sp³-hybridized carbons (Fsp3) is 0.176. The number of hydrogen-bond donors (Lipinski definition) is 3. The molecule has 2 aromatic rings. The van der Waals surface area contributed by atoms with Gasteiger partial charge in [0.15, 0.2) is 0 Å². The summed E-state index contributed by atoms with van der Waals surface area (Å²) < 4.78 is 0. The third kappa shape index (κ3) is 4.81. The first-order valence-corrected chi connectivity index (χ1v) is 6.87. The highest BCUT2D eigenvalue weighted by Crippen LogP contribution is 2.26. The Kier molecular flexibility index (Phi) is 6.75. The van der Waals surface area contributed by atoms with E-state index in [4.69, 9.17) is 15.9 Å². The number of carboxylic acids is 2. The smallest absolute Gasteiger partial charge is 0.335 e. The third-order valence-corrected chi connectivity index (χ3v) is 3.51. The molecule has 0 radical (unpaired) electrons. The van der Waals surface area contributed by atoms with Crippen LogP contribution in [0, 0.1) is 0 Å². The van der Waals surface area contributed by atoms with Crippen LogP contribution in [0.3, 0.4) is 0 Å². The van der Waals surface area contributed by atoms with Gasteiger partial charge in [0.05, 0.1) is 12.0 Å². The molecule has 0 amide bonds. The summed E-state index contributed by atoms with van der Waals surface area (Å²) in [5.74, 6) is -2.14. The molecule has 4 N–H and O–H groups in total. The topological polar surface area (TPSA) is 101 Å². The molecule has 0 saturated carbocycles. The van der Waals surface area contributed by atoms with Crippen molar-refractivity contribution in [2.45, 2.75) is 12.3 Å². The largest absolute Gasteiger partial charge is 0.481 e. The van der Waals surface area contributed by atoms with E-state index in [1.165, 1.54) is 6.07 Å². The summed E-state index contributed by atoms with van der Waals surface area (Å²) in [6.07, 6.45) is -0.0326. The molecule has 23 heavy (non-hydrogen) atoms. The minimum Gasteiger partial charge on any atom is -0.481 e. The summed E-state index contributed by atoms with van der Waals surface area (Å²) in [4.78, 5) is 21.9. The van der Waals surface area contributed by atoms with E-state index in [0.29, 0.717) is 0 Å². The molecule has 6 heteroatoms. The zero-order valence-electron chi connectivity index (χ0n) is 12.3. The standard InChI is InChI=1S/C17H17NO4.ClH/c18-10-15(9-16(19)20)13-5-1-3-11(7-13)12-4-2-6-14(8-12)17(21)22;/h1-8,15H,9-10,18H2,(H,19,20)(H,21,22);1H/t15-;/m0./s1. The normalized spacial score (nSPS) is 11.3. The summed E-state index contributed by atoms with van der Waals surface area (Å²) in [5.41, 5.74) is 8.32. The van der Waals surface area contributed by atoms with E-state index in [2.05, 4.69) is 0 Å². The van der Waals surface area contributed by atoms with Crippen LogP contribution in [-0.2, 0) is 4.79 Å². The summed E-state index contributed by atoms with van der Waals surface area (Å²) >= 11 is 0. The second-order valence-electron chi connectivity index (χ2n) is 5.04. The maximum Gasteiger partial charge on any atom is 0.335 e. The molecule has 0 aliphatic rings. The lowest BCUT2D eigenvalue weighted by molar-refractivity contribution is -0.137. The van der Waals surface area contributed by atoms with Gasteiger partial charge in [0, 0.05) is 5.92 Å². The Bertz CT molecular complexity index is 702. The second-order valence-corrected chi connectivity index (χ2v) is 5.04. The average Bonchev–Trinajstić information content (AvgIpc) is 2.52. The SMILES string of the molecule is Cl.NC[C@H](CC(=O)O)c1cccc(-c2cccc(C(=O)O)c2)c1. The molecule has 2 rings (SSSR count). The second kappa shape index (κ2) is 8.31. The highest BCUT2D eigenvalue weighted by molar-refractivity contribution is 5.89. The van der Waals surface area contributed by atoms with Crippen molar-refractivity contribution in [3.8, 4) is 11.1 Å². The number of nitrogens with two attached hydrogens (primary N) is 1. The molecule has 0 aliphatic carbocycles. The molecule has 0 heterocycles. The summed E-state index contributed by atoms with van der Waals surface area (Å²) in [7, 11) is 0. The molecular formula is C17H18ClNO4. The average molecular weight is 336 g/mol. The predicted octanol–water partition coefficient (Wildman–Crippen LogP) is 2.99. The molecule has 5 nitrogen and oxygen atoms in total. The predicted molar refractivity (Wildman–Crippen MR) is 90.1 cm³/mol. The zero-order chi connectivity index (χ0) is 16.1. The van der Waals surface area contributed by atoms with Gasteiger partial charge < -0.3 is 15.9 Å². The number of rotatable bonds is 6. The minimum absolute atomic E-state index is 0. The quantitative estimate of drug-likeness (QED) is 0.753. The van der Waals surface area contributed by atoms with Crippen molar-refractivity contribution in [2.24, 2.45) is 5.73 Å². The summed E-state index contributed by atoms with van der Waals surface area (Å²) in [5, 5.41) is 18.0. The number of aliphatic carboxylic acids is 1. The molecule has 122 valence electrons. The Labute approximate surface area is 140 Å². The van der Waals surface area contributed by atoms with Gasteiger partial charge in [-0.25, -0.2) is 4.79 Å². The monoisotopic (exact) mass is 335 g/mol. The molecule has 0 bridgehead atoms. The van der Waals surface area contributed by atoms with E-state index in [1.807, 2.05) is 30.3 Å². The van der Waals surface area contributed by atoms with E-state index >= 15 is 0 Å². The van der Waals surface area contributed by atoms with Crippen molar-refractivity contribution in [3.05, 3.63) is 59.7 Å². The Morgan fingerprint density at radius 1 is 1.00 bits per heavy atom. The number of aromatic carboxylic acids is 1. The maximum atomic E-state index is 11.0. The van der Waals surface area contributed by atoms with Gasteiger partial charge in [0.1, 0.15) is 0 Å². The first-order valence-electron chi connectivity index (χ1n) is 6.87. The molecule has 0 unspecified atom stereocenters. The van der Waals surface area contributed by atoms with Gasteiger partial charge >= 0.3 is 11.9 Å². The number of carboxylic acid groups (broad SMARTS) is 2. The van der Waals surface area contributed by atoms with E-state index in [-0.39, 0.29) is 36.9 Å². The van der Waals surface area contributed by atoms with Crippen molar-refractivity contribution in [2.75, 3.05) is 6.54 Å². The van der Waals surface area contributed by atoms with Crippen LogP contribution in [-0.4, -0.2) is 28.7 Å². The molecule has 0 fully saturated rings. The van der Waals surface area contributed by atoms with Crippen molar-refractivity contribution < 1.29 is 19.8 Å². The first kappa shape index (κ1) is 18.7.